The molecule has 5 heteroatoms. The normalized spacial score (nSPS) is 10.8. The first-order valence-electron chi connectivity index (χ1n) is 7.18. The zero-order valence-corrected chi connectivity index (χ0v) is 15.2. The van der Waals surface area contributed by atoms with Crippen LogP contribution in [0.25, 0.3) is 6.08 Å². The van der Waals surface area contributed by atoms with Gasteiger partial charge in [0.1, 0.15) is 5.75 Å². The van der Waals surface area contributed by atoms with E-state index < -0.39 is 0 Å². The van der Waals surface area contributed by atoms with Crippen molar-refractivity contribution in [3.63, 3.8) is 0 Å². The molecule has 0 unspecified atom stereocenters. The minimum Gasteiger partial charge on any atom is -0.496 e. The Labute approximate surface area is 144 Å². The van der Waals surface area contributed by atoms with E-state index in [2.05, 4.69) is 26.2 Å². The maximum Gasteiger partial charge on any atom is 0.248 e. The standard InChI is InChI=1S/C18H19BrN2O2/c1-11-9-12(2)20-13(3)18(11)21-17(22)8-5-14-10-15(19)6-7-16(14)23-4/h5-10H,1-4H3,(H,21,22)/b8-5+. The predicted octanol–water partition coefficient (Wildman–Crippen LogP) is 4.43. The summed E-state index contributed by atoms with van der Waals surface area (Å²) in [4.78, 5) is 16.6. The Morgan fingerprint density at radius 2 is 2.00 bits per heavy atom. The summed E-state index contributed by atoms with van der Waals surface area (Å²) in [5, 5.41) is 2.89. The molecule has 1 amide bonds. The number of rotatable bonds is 4. The molecule has 4 nitrogen and oxygen atoms in total. The molecule has 0 fully saturated rings. The average Bonchev–Trinajstić information content (AvgIpc) is 2.49. The van der Waals surface area contributed by atoms with Crippen LogP contribution in [0.1, 0.15) is 22.5 Å². The second kappa shape index (κ2) is 7.42. The molecule has 0 aliphatic rings. The minimum atomic E-state index is -0.205. The highest BCUT2D eigenvalue weighted by molar-refractivity contribution is 9.10. The number of amides is 1. The molecule has 23 heavy (non-hydrogen) atoms. The number of nitrogens with one attached hydrogen (secondary N) is 1. The summed E-state index contributed by atoms with van der Waals surface area (Å²) in [7, 11) is 1.60. The Morgan fingerprint density at radius 3 is 2.65 bits per heavy atom. The van der Waals surface area contributed by atoms with Crippen molar-refractivity contribution in [3.8, 4) is 5.75 Å². The van der Waals surface area contributed by atoms with Crippen LogP contribution in [0, 0.1) is 20.8 Å². The molecule has 0 aliphatic heterocycles. The highest BCUT2D eigenvalue weighted by atomic mass is 79.9. The quantitative estimate of drug-likeness (QED) is 0.805. The SMILES string of the molecule is COc1ccc(Br)cc1/C=C/C(=O)Nc1c(C)cc(C)nc1C. The molecule has 2 rings (SSSR count). The fourth-order valence-electron chi connectivity index (χ4n) is 2.38. The van der Waals surface area contributed by atoms with Crippen molar-refractivity contribution in [2.24, 2.45) is 0 Å². The largest absolute Gasteiger partial charge is 0.496 e. The lowest BCUT2D eigenvalue weighted by Gasteiger charge is -2.10. The summed E-state index contributed by atoms with van der Waals surface area (Å²) in [5.74, 6) is 0.505. The first kappa shape index (κ1) is 17.2. The zero-order valence-electron chi connectivity index (χ0n) is 13.6. The van der Waals surface area contributed by atoms with E-state index in [0.29, 0.717) is 5.75 Å². The molecule has 0 saturated carbocycles. The zero-order chi connectivity index (χ0) is 17.0. The van der Waals surface area contributed by atoms with Gasteiger partial charge < -0.3 is 10.1 Å². The number of aromatic nitrogens is 1. The number of halogens is 1. The molecular weight excluding hydrogens is 356 g/mol. The first-order chi connectivity index (χ1) is 10.9. The van der Waals surface area contributed by atoms with Crippen LogP contribution >= 0.6 is 15.9 Å². The van der Waals surface area contributed by atoms with Gasteiger partial charge in [0.2, 0.25) is 5.91 Å². The fourth-order valence-corrected chi connectivity index (χ4v) is 2.76. The number of ether oxygens (including phenoxy) is 1. The number of hydrogen-bond donors (Lipinski definition) is 1. The molecule has 2 aromatic rings. The van der Waals surface area contributed by atoms with Gasteiger partial charge in [0.15, 0.2) is 0 Å². The van der Waals surface area contributed by atoms with Gasteiger partial charge in [-0.05, 0) is 56.7 Å². The number of benzene rings is 1. The van der Waals surface area contributed by atoms with Crippen LogP contribution in [0.3, 0.4) is 0 Å². The maximum atomic E-state index is 12.2. The van der Waals surface area contributed by atoms with Crippen molar-refractivity contribution in [1.82, 2.24) is 4.98 Å². The lowest BCUT2D eigenvalue weighted by atomic mass is 10.1. The van der Waals surface area contributed by atoms with Crippen LogP contribution < -0.4 is 10.1 Å². The van der Waals surface area contributed by atoms with E-state index in [4.69, 9.17) is 4.74 Å². The van der Waals surface area contributed by atoms with Crippen molar-refractivity contribution in [2.75, 3.05) is 12.4 Å². The molecule has 1 aromatic heterocycles. The Hall–Kier alpha value is -2.14. The summed E-state index contributed by atoms with van der Waals surface area (Å²) >= 11 is 3.41. The Morgan fingerprint density at radius 1 is 1.26 bits per heavy atom. The molecule has 1 heterocycles. The predicted molar refractivity (Wildman–Crippen MR) is 96.8 cm³/mol. The molecule has 0 saturated heterocycles. The summed E-state index contributed by atoms with van der Waals surface area (Å²) in [6.45, 7) is 5.78. The number of carbonyl (C=O) groups is 1. The number of carbonyl (C=O) groups excluding carboxylic acids is 1. The topological polar surface area (TPSA) is 51.2 Å². The summed E-state index contributed by atoms with van der Waals surface area (Å²) < 4.78 is 6.21. The van der Waals surface area contributed by atoms with Crippen LogP contribution in [-0.2, 0) is 4.79 Å². The van der Waals surface area contributed by atoms with Crippen molar-refractivity contribution in [3.05, 3.63) is 57.3 Å². The van der Waals surface area contributed by atoms with Crippen LogP contribution in [0.4, 0.5) is 5.69 Å². The second-order valence-corrected chi connectivity index (χ2v) is 6.17. The highest BCUT2D eigenvalue weighted by Crippen LogP contribution is 2.24. The highest BCUT2D eigenvalue weighted by Gasteiger charge is 2.08. The van der Waals surface area contributed by atoms with Gasteiger partial charge in [0, 0.05) is 21.8 Å². The summed E-state index contributed by atoms with van der Waals surface area (Å²) in [5.41, 5.74) is 4.33. The molecule has 0 bridgehead atoms. The monoisotopic (exact) mass is 374 g/mol. The molecule has 0 spiro atoms. The fraction of sp³-hybridized carbons (Fsp3) is 0.222. The van der Waals surface area contributed by atoms with E-state index in [1.165, 1.54) is 6.08 Å². The van der Waals surface area contributed by atoms with E-state index in [-0.39, 0.29) is 5.91 Å². The molecule has 120 valence electrons. The summed E-state index contributed by atoms with van der Waals surface area (Å²) in [6, 6.07) is 7.58. The maximum absolute atomic E-state index is 12.2. The van der Waals surface area contributed by atoms with Gasteiger partial charge >= 0.3 is 0 Å². The van der Waals surface area contributed by atoms with Crippen molar-refractivity contribution < 1.29 is 9.53 Å². The van der Waals surface area contributed by atoms with E-state index in [1.54, 1.807) is 13.2 Å². The number of methoxy groups -OCH3 is 1. The Kier molecular flexibility index (Phi) is 5.55. The van der Waals surface area contributed by atoms with E-state index in [9.17, 15) is 4.79 Å². The smallest absolute Gasteiger partial charge is 0.248 e. The second-order valence-electron chi connectivity index (χ2n) is 5.25. The van der Waals surface area contributed by atoms with Crippen molar-refractivity contribution in [1.29, 1.82) is 0 Å². The molecule has 1 N–H and O–H groups in total. The number of aryl methyl sites for hydroxylation is 3. The first-order valence-corrected chi connectivity index (χ1v) is 7.97. The molecule has 0 atom stereocenters. The molecular formula is C18H19BrN2O2. The summed E-state index contributed by atoms with van der Waals surface area (Å²) in [6.07, 6.45) is 3.22. The Bertz CT molecular complexity index is 747. The van der Waals surface area contributed by atoms with Crippen molar-refractivity contribution in [2.45, 2.75) is 20.8 Å². The number of anilines is 1. The lowest BCUT2D eigenvalue weighted by molar-refractivity contribution is -0.111. The van der Waals surface area contributed by atoms with Crippen LogP contribution in [0.5, 0.6) is 5.75 Å². The van der Waals surface area contributed by atoms with Gasteiger partial charge in [-0.15, -0.1) is 0 Å². The third kappa shape index (κ3) is 4.42. The van der Waals surface area contributed by atoms with Gasteiger partial charge in [-0.2, -0.15) is 0 Å². The van der Waals surface area contributed by atoms with Crippen molar-refractivity contribution >= 4 is 33.6 Å². The third-order valence-corrected chi connectivity index (χ3v) is 3.87. The van der Waals surface area contributed by atoms with Crippen LogP contribution in [0.2, 0.25) is 0 Å². The van der Waals surface area contributed by atoms with Gasteiger partial charge in [0.25, 0.3) is 0 Å². The number of nitrogens with zero attached hydrogens (tertiary/aromatic N) is 1. The molecule has 0 radical (unpaired) electrons. The van der Waals surface area contributed by atoms with E-state index >= 15 is 0 Å². The van der Waals surface area contributed by atoms with Gasteiger partial charge in [-0.25, -0.2) is 0 Å². The minimum absolute atomic E-state index is 0.205. The average molecular weight is 375 g/mol. The lowest BCUT2D eigenvalue weighted by Crippen LogP contribution is -2.11. The molecule has 1 aromatic carbocycles. The molecule has 0 aliphatic carbocycles. The number of hydrogen-bond acceptors (Lipinski definition) is 3. The Balaban J connectivity index is 2.19. The third-order valence-electron chi connectivity index (χ3n) is 3.38. The number of pyridine rings is 1. The van der Waals surface area contributed by atoms with Gasteiger partial charge in [0.05, 0.1) is 18.5 Å². The van der Waals surface area contributed by atoms with E-state index in [0.717, 1.165) is 32.7 Å². The van der Waals surface area contributed by atoms with E-state index in [1.807, 2.05) is 45.0 Å². The van der Waals surface area contributed by atoms with Gasteiger partial charge in [-0.1, -0.05) is 15.9 Å². The van der Waals surface area contributed by atoms with Crippen LogP contribution in [0.15, 0.2) is 34.8 Å². The van der Waals surface area contributed by atoms with Gasteiger partial charge in [-0.3, -0.25) is 9.78 Å². The van der Waals surface area contributed by atoms with Crippen LogP contribution in [-0.4, -0.2) is 18.0 Å².